The molecule has 2 aromatic heterocycles. The SMILES string of the molecule is CCOC(=O)c1cnn2ccc(NC(=O)Nc3cccc(C(F)(F)F)c3)cc12. The highest BCUT2D eigenvalue weighted by atomic mass is 19.4. The number of nitrogens with zero attached hydrogens (tertiary/aromatic N) is 2. The molecule has 10 heteroatoms. The fourth-order valence-corrected chi connectivity index (χ4v) is 2.49. The molecule has 0 fully saturated rings. The highest BCUT2D eigenvalue weighted by molar-refractivity contribution is 6.01. The van der Waals surface area contributed by atoms with Crippen LogP contribution in [0.25, 0.3) is 5.52 Å². The molecule has 0 aliphatic carbocycles. The Balaban J connectivity index is 1.76. The second-order valence-corrected chi connectivity index (χ2v) is 5.68. The van der Waals surface area contributed by atoms with Gasteiger partial charge >= 0.3 is 18.2 Å². The van der Waals surface area contributed by atoms with Gasteiger partial charge in [0.15, 0.2) is 0 Å². The van der Waals surface area contributed by atoms with E-state index in [9.17, 15) is 22.8 Å². The molecule has 0 aliphatic heterocycles. The molecule has 146 valence electrons. The molecule has 0 bridgehead atoms. The zero-order valence-corrected chi connectivity index (χ0v) is 14.6. The Morgan fingerprint density at radius 3 is 2.54 bits per heavy atom. The van der Waals surface area contributed by atoms with Gasteiger partial charge in [0, 0.05) is 17.6 Å². The van der Waals surface area contributed by atoms with Gasteiger partial charge in [-0.1, -0.05) is 6.07 Å². The lowest BCUT2D eigenvalue weighted by Gasteiger charge is -2.11. The normalized spacial score (nSPS) is 11.3. The number of carbonyl (C=O) groups excluding carboxylic acids is 2. The first-order valence-corrected chi connectivity index (χ1v) is 8.17. The van der Waals surface area contributed by atoms with Gasteiger partial charge in [0.2, 0.25) is 0 Å². The maximum absolute atomic E-state index is 12.8. The summed E-state index contributed by atoms with van der Waals surface area (Å²) in [4.78, 5) is 24.1. The van der Waals surface area contributed by atoms with Crippen LogP contribution >= 0.6 is 0 Å². The Kier molecular flexibility index (Phi) is 5.21. The fraction of sp³-hybridized carbons (Fsp3) is 0.167. The van der Waals surface area contributed by atoms with Crippen LogP contribution in [-0.4, -0.2) is 28.2 Å². The molecule has 0 saturated carbocycles. The van der Waals surface area contributed by atoms with Gasteiger partial charge in [0.25, 0.3) is 0 Å². The lowest BCUT2D eigenvalue weighted by molar-refractivity contribution is -0.137. The minimum Gasteiger partial charge on any atom is -0.462 e. The van der Waals surface area contributed by atoms with Gasteiger partial charge in [-0.2, -0.15) is 18.3 Å². The molecule has 0 spiro atoms. The van der Waals surface area contributed by atoms with Crippen molar-refractivity contribution in [3.05, 3.63) is 59.9 Å². The third kappa shape index (κ3) is 4.22. The van der Waals surface area contributed by atoms with Crippen molar-refractivity contribution in [1.29, 1.82) is 0 Å². The van der Waals surface area contributed by atoms with E-state index in [1.54, 1.807) is 6.92 Å². The Morgan fingerprint density at radius 1 is 1.14 bits per heavy atom. The van der Waals surface area contributed by atoms with Crippen LogP contribution in [0.1, 0.15) is 22.8 Å². The van der Waals surface area contributed by atoms with Crippen LogP contribution in [0.15, 0.2) is 48.8 Å². The number of halogens is 3. The van der Waals surface area contributed by atoms with Crippen LogP contribution in [0.2, 0.25) is 0 Å². The van der Waals surface area contributed by atoms with Crippen molar-refractivity contribution in [3.8, 4) is 0 Å². The van der Waals surface area contributed by atoms with Gasteiger partial charge in [0.1, 0.15) is 5.56 Å². The van der Waals surface area contributed by atoms with Gasteiger partial charge in [0.05, 0.1) is 23.9 Å². The van der Waals surface area contributed by atoms with Crippen LogP contribution in [0.3, 0.4) is 0 Å². The van der Waals surface area contributed by atoms with E-state index in [1.165, 1.54) is 41.2 Å². The number of aromatic nitrogens is 2. The topological polar surface area (TPSA) is 84.7 Å². The third-order valence-corrected chi connectivity index (χ3v) is 3.72. The average Bonchev–Trinajstić information content (AvgIpc) is 3.04. The highest BCUT2D eigenvalue weighted by Gasteiger charge is 2.30. The molecule has 0 atom stereocenters. The van der Waals surface area contributed by atoms with Gasteiger partial charge in [-0.3, -0.25) is 0 Å². The summed E-state index contributed by atoms with van der Waals surface area (Å²) in [6.07, 6.45) is -1.64. The van der Waals surface area contributed by atoms with E-state index in [-0.39, 0.29) is 17.9 Å². The largest absolute Gasteiger partial charge is 0.462 e. The molecule has 1 aromatic carbocycles. The van der Waals surface area contributed by atoms with Crippen LogP contribution in [0.4, 0.5) is 29.3 Å². The summed E-state index contributed by atoms with van der Waals surface area (Å²) in [5.74, 6) is -0.553. The summed E-state index contributed by atoms with van der Waals surface area (Å²) in [7, 11) is 0. The number of urea groups is 1. The van der Waals surface area contributed by atoms with Crippen molar-refractivity contribution in [1.82, 2.24) is 9.61 Å². The van der Waals surface area contributed by atoms with E-state index in [2.05, 4.69) is 15.7 Å². The molecule has 2 amide bonds. The molecule has 0 aliphatic rings. The quantitative estimate of drug-likeness (QED) is 0.653. The Bertz CT molecular complexity index is 1030. The molecule has 0 radical (unpaired) electrons. The van der Waals surface area contributed by atoms with Crippen molar-refractivity contribution < 1.29 is 27.5 Å². The Labute approximate surface area is 157 Å². The average molecular weight is 392 g/mol. The number of nitrogens with one attached hydrogen (secondary N) is 2. The number of hydrogen-bond acceptors (Lipinski definition) is 4. The second-order valence-electron chi connectivity index (χ2n) is 5.68. The van der Waals surface area contributed by atoms with Crippen molar-refractivity contribution >= 4 is 28.9 Å². The number of carbonyl (C=O) groups is 2. The zero-order chi connectivity index (χ0) is 20.3. The van der Waals surface area contributed by atoms with Gasteiger partial charge in [-0.25, -0.2) is 14.1 Å². The molecule has 28 heavy (non-hydrogen) atoms. The summed E-state index contributed by atoms with van der Waals surface area (Å²) in [6.45, 7) is 1.88. The van der Waals surface area contributed by atoms with E-state index in [0.717, 1.165) is 12.1 Å². The molecule has 0 unspecified atom stereocenters. The van der Waals surface area contributed by atoms with Crippen LogP contribution < -0.4 is 10.6 Å². The van der Waals surface area contributed by atoms with E-state index < -0.39 is 23.7 Å². The van der Waals surface area contributed by atoms with Gasteiger partial charge in [-0.05, 0) is 37.3 Å². The van der Waals surface area contributed by atoms with E-state index in [0.29, 0.717) is 11.2 Å². The molecule has 2 N–H and O–H groups in total. The maximum atomic E-state index is 12.8. The first-order chi connectivity index (χ1) is 13.3. The minimum atomic E-state index is -4.51. The second kappa shape index (κ2) is 7.59. The number of anilines is 2. The van der Waals surface area contributed by atoms with Crippen LogP contribution in [0.5, 0.6) is 0 Å². The zero-order valence-electron chi connectivity index (χ0n) is 14.6. The fourth-order valence-electron chi connectivity index (χ4n) is 2.49. The Hall–Kier alpha value is -3.56. The summed E-state index contributed by atoms with van der Waals surface area (Å²) >= 11 is 0. The van der Waals surface area contributed by atoms with Crippen LogP contribution in [-0.2, 0) is 10.9 Å². The minimum absolute atomic E-state index is 0.00929. The number of alkyl halides is 3. The van der Waals surface area contributed by atoms with Crippen molar-refractivity contribution in [2.24, 2.45) is 0 Å². The maximum Gasteiger partial charge on any atom is 0.416 e. The molecule has 2 heterocycles. The third-order valence-electron chi connectivity index (χ3n) is 3.72. The predicted octanol–water partition coefficient (Wildman–Crippen LogP) is 4.17. The number of rotatable bonds is 4. The van der Waals surface area contributed by atoms with Crippen molar-refractivity contribution in [2.75, 3.05) is 17.2 Å². The van der Waals surface area contributed by atoms with Crippen molar-refractivity contribution in [3.63, 3.8) is 0 Å². The number of hydrogen-bond donors (Lipinski definition) is 2. The molecule has 0 saturated heterocycles. The number of esters is 1. The first kappa shape index (κ1) is 19.2. The highest BCUT2D eigenvalue weighted by Crippen LogP contribution is 2.30. The molecule has 7 nitrogen and oxygen atoms in total. The van der Waals surface area contributed by atoms with E-state index in [1.807, 2.05) is 0 Å². The number of ether oxygens (including phenoxy) is 1. The van der Waals surface area contributed by atoms with E-state index in [4.69, 9.17) is 4.74 Å². The monoisotopic (exact) mass is 392 g/mol. The lowest BCUT2D eigenvalue weighted by Crippen LogP contribution is -2.20. The first-order valence-electron chi connectivity index (χ1n) is 8.17. The number of pyridine rings is 1. The summed E-state index contributed by atoms with van der Waals surface area (Å²) < 4.78 is 44.6. The van der Waals surface area contributed by atoms with Gasteiger partial charge in [-0.15, -0.1) is 0 Å². The predicted molar refractivity (Wildman–Crippen MR) is 95.2 cm³/mol. The molecular weight excluding hydrogens is 377 g/mol. The standard InChI is InChI=1S/C18H15F3N4O3/c1-2-28-16(26)14-10-22-25-7-6-13(9-15(14)25)24-17(27)23-12-5-3-4-11(8-12)18(19,20)21/h3-10H,2H2,1H3,(H2,23,24,27). The summed E-state index contributed by atoms with van der Waals surface area (Å²) in [5, 5.41) is 8.87. The molecular formula is C18H15F3N4O3. The smallest absolute Gasteiger partial charge is 0.416 e. The van der Waals surface area contributed by atoms with Crippen molar-refractivity contribution in [2.45, 2.75) is 13.1 Å². The summed E-state index contributed by atoms with van der Waals surface area (Å²) in [6, 6.07) is 6.58. The number of fused-ring (bicyclic) bond motifs is 1. The lowest BCUT2D eigenvalue weighted by atomic mass is 10.2. The molecule has 3 rings (SSSR count). The Morgan fingerprint density at radius 2 is 1.86 bits per heavy atom. The van der Waals surface area contributed by atoms with Crippen LogP contribution in [0, 0.1) is 0 Å². The van der Waals surface area contributed by atoms with E-state index >= 15 is 0 Å². The number of amides is 2. The summed E-state index contributed by atoms with van der Waals surface area (Å²) in [5.41, 5.74) is 0.0807. The van der Waals surface area contributed by atoms with Gasteiger partial charge < -0.3 is 15.4 Å². The number of benzene rings is 1. The molecule has 3 aromatic rings.